The van der Waals surface area contributed by atoms with Crippen LogP contribution in [0.3, 0.4) is 0 Å². The minimum absolute atomic E-state index is 0.343. The molecule has 0 spiro atoms. The lowest BCUT2D eigenvalue weighted by Crippen LogP contribution is -2.35. The van der Waals surface area contributed by atoms with E-state index in [-0.39, 0.29) is 5.97 Å². The minimum Gasteiger partial charge on any atom is -0.464 e. The van der Waals surface area contributed by atoms with Crippen LogP contribution in [0, 0.1) is 0 Å². The predicted octanol–water partition coefficient (Wildman–Crippen LogP) is 2.40. The van der Waals surface area contributed by atoms with E-state index < -0.39 is 6.10 Å². The van der Waals surface area contributed by atoms with Crippen LogP contribution >= 0.6 is 0 Å². The molecule has 0 aliphatic carbocycles. The molecule has 96 valence electrons. The summed E-state index contributed by atoms with van der Waals surface area (Å²) in [6, 6.07) is 7.90. The highest BCUT2D eigenvalue weighted by Gasteiger charge is 2.21. The van der Waals surface area contributed by atoms with Gasteiger partial charge in [-0.3, -0.25) is 4.84 Å². The van der Waals surface area contributed by atoms with Crippen LogP contribution in [0.1, 0.15) is 19.4 Å². The lowest BCUT2D eigenvalue weighted by molar-refractivity contribution is -0.156. The molecule has 1 aromatic carbocycles. The number of nitrogens with zero attached hydrogens (tertiary/aromatic N) is 1. The zero-order chi connectivity index (χ0) is 13.0. The highest BCUT2D eigenvalue weighted by Crippen LogP contribution is 2.26. The Hall–Kier alpha value is -1.81. The van der Waals surface area contributed by atoms with Gasteiger partial charge in [-0.1, -0.05) is 30.4 Å². The molecule has 0 saturated heterocycles. The molecule has 1 aliphatic heterocycles. The fraction of sp³-hybridized carbons (Fsp3) is 0.357. The van der Waals surface area contributed by atoms with Gasteiger partial charge in [0.15, 0.2) is 6.10 Å². The van der Waals surface area contributed by atoms with E-state index in [4.69, 9.17) is 9.57 Å². The second-order valence-corrected chi connectivity index (χ2v) is 4.02. The average Bonchev–Trinajstić information content (AvgIpc) is 2.39. The summed E-state index contributed by atoms with van der Waals surface area (Å²) in [5, 5.41) is 1.72. The summed E-state index contributed by atoms with van der Waals surface area (Å²) in [5.74, 6) is -0.343. The van der Waals surface area contributed by atoms with E-state index in [2.05, 4.69) is 0 Å². The largest absolute Gasteiger partial charge is 0.464 e. The zero-order valence-electron chi connectivity index (χ0n) is 10.6. The Morgan fingerprint density at radius 3 is 3.00 bits per heavy atom. The van der Waals surface area contributed by atoms with Gasteiger partial charge in [-0.2, -0.15) is 0 Å². The average molecular weight is 247 g/mol. The topological polar surface area (TPSA) is 38.8 Å². The third kappa shape index (κ3) is 2.71. The molecule has 0 fully saturated rings. The van der Waals surface area contributed by atoms with Crippen LogP contribution in [-0.2, 0) is 14.4 Å². The maximum absolute atomic E-state index is 11.5. The van der Waals surface area contributed by atoms with Crippen molar-refractivity contribution in [2.75, 3.05) is 18.2 Å². The van der Waals surface area contributed by atoms with Crippen molar-refractivity contribution in [3.05, 3.63) is 35.9 Å². The van der Waals surface area contributed by atoms with Crippen molar-refractivity contribution in [1.29, 1.82) is 0 Å². The number of rotatable bonds is 4. The molecule has 18 heavy (non-hydrogen) atoms. The fourth-order valence-corrected chi connectivity index (χ4v) is 1.82. The van der Waals surface area contributed by atoms with Crippen LogP contribution in [0.4, 0.5) is 5.69 Å². The quantitative estimate of drug-likeness (QED) is 0.766. The number of anilines is 1. The number of hydrogen-bond acceptors (Lipinski definition) is 4. The molecule has 2 rings (SSSR count). The highest BCUT2D eigenvalue weighted by atomic mass is 16.7. The lowest BCUT2D eigenvalue weighted by atomic mass is 10.1. The molecule has 1 unspecified atom stereocenters. The van der Waals surface area contributed by atoms with E-state index in [1.54, 1.807) is 18.9 Å². The second-order valence-electron chi connectivity index (χ2n) is 4.02. The van der Waals surface area contributed by atoms with Crippen molar-refractivity contribution in [2.45, 2.75) is 20.0 Å². The van der Waals surface area contributed by atoms with Gasteiger partial charge in [0.25, 0.3) is 0 Å². The number of hydrogen-bond donors (Lipinski definition) is 0. The predicted molar refractivity (Wildman–Crippen MR) is 70.0 cm³/mol. The molecule has 1 heterocycles. The number of para-hydroxylation sites is 1. The van der Waals surface area contributed by atoms with Crippen LogP contribution in [0.5, 0.6) is 0 Å². The van der Waals surface area contributed by atoms with Crippen molar-refractivity contribution in [3.8, 4) is 0 Å². The Kier molecular flexibility index (Phi) is 3.99. The van der Waals surface area contributed by atoms with Crippen LogP contribution in [-0.4, -0.2) is 25.2 Å². The van der Waals surface area contributed by atoms with E-state index in [1.807, 2.05) is 36.4 Å². The first kappa shape index (κ1) is 12.6. The third-order valence-electron chi connectivity index (χ3n) is 2.68. The summed E-state index contributed by atoms with van der Waals surface area (Å²) in [6.45, 7) is 4.46. The fourth-order valence-electron chi connectivity index (χ4n) is 1.82. The Balaban J connectivity index is 2.07. The molecule has 0 amide bonds. The van der Waals surface area contributed by atoms with Gasteiger partial charge in [0.1, 0.15) is 0 Å². The summed E-state index contributed by atoms with van der Waals surface area (Å²) < 4.78 is 4.92. The van der Waals surface area contributed by atoms with Crippen molar-refractivity contribution in [1.82, 2.24) is 0 Å². The van der Waals surface area contributed by atoms with Gasteiger partial charge in [-0.05, 0) is 25.5 Å². The van der Waals surface area contributed by atoms with Crippen LogP contribution < -0.4 is 5.06 Å². The van der Waals surface area contributed by atoms with Gasteiger partial charge >= 0.3 is 5.97 Å². The van der Waals surface area contributed by atoms with Gasteiger partial charge in [-0.25, -0.2) is 9.86 Å². The molecule has 0 aromatic heterocycles. The van der Waals surface area contributed by atoms with Gasteiger partial charge in [0, 0.05) is 0 Å². The molecule has 0 bridgehead atoms. The van der Waals surface area contributed by atoms with Crippen molar-refractivity contribution >= 4 is 17.7 Å². The molecule has 1 aromatic rings. The number of ether oxygens (including phenoxy) is 1. The van der Waals surface area contributed by atoms with Gasteiger partial charge < -0.3 is 4.74 Å². The Morgan fingerprint density at radius 2 is 2.22 bits per heavy atom. The standard InChI is InChI=1S/C14H17NO3/c1-3-17-14(16)11(2)18-15-10-6-8-12-7-4-5-9-13(12)15/h4-9,11H,3,10H2,1-2H3. The molecule has 0 saturated carbocycles. The number of fused-ring (bicyclic) bond motifs is 1. The molecule has 1 atom stereocenters. The van der Waals surface area contributed by atoms with Crippen molar-refractivity contribution in [2.24, 2.45) is 0 Å². The van der Waals surface area contributed by atoms with E-state index in [0.29, 0.717) is 13.2 Å². The number of carbonyl (C=O) groups is 1. The molecular formula is C14H17NO3. The molecule has 1 aliphatic rings. The monoisotopic (exact) mass is 247 g/mol. The Labute approximate surface area is 107 Å². The van der Waals surface area contributed by atoms with Crippen molar-refractivity contribution < 1.29 is 14.4 Å². The number of benzene rings is 1. The maximum Gasteiger partial charge on any atom is 0.337 e. The summed E-state index contributed by atoms with van der Waals surface area (Å²) in [5.41, 5.74) is 2.05. The number of esters is 1. The van der Waals surface area contributed by atoms with Crippen LogP contribution in [0.15, 0.2) is 30.3 Å². The molecule has 4 nitrogen and oxygen atoms in total. The lowest BCUT2D eigenvalue weighted by Gasteiger charge is -2.29. The molecule has 4 heteroatoms. The normalized spacial score (nSPS) is 15.1. The SMILES string of the molecule is CCOC(=O)C(C)ON1CC=Cc2ccccc21. The Bertz CT molecular complexity index is 456. The smallest absolute Gasteiger partial charge is 0.337 e. The third-order valence-corrected chi connectivity index (χ3v) is 2.68. The van der Waals surface area contributed by atoms with E-state index in [9.17, 15) is 4.79 Å². The minimum atomic E-state index is -0.607. The van der Waals surface area contributed by atoms with Gasteiger partial charge in [0.2, 0.25) is 0 Å². The first-order valence-corrected chi connectivity index (χ1v) is 6.09. The van der Waals surface area contributed by atoms with E-state index >= 15 is 0 Å². The zero-order valence-corrected chi connectivity index (χ0v) is 10.6. The molecule has 0 radical (unpaired) electrons. The first-order valence-electron chi connectivity index (χ1n) is 6.09. The summed E-state index contributed by atoms with van der Waals surface area (Å²) >= 11 is 0. The molecule has 0 N–H and O–H groups in total. The highest BCUT2D eigenvalue weighted by molar-refractivity contribution is 5.75. The second kappa shape index (κ2) is 5.69. The Morgan fingerprint density at radius 1 is 1.44 bits per heavy atom. The number of hydroxylamine groups is 1. The van der Waals surface area contributed by atoms with Crippen molar-refractivity contribution in [3.63, 3.8) is 0 Å². The maximum atomic E-state index is 11.5. The first-order chi connectivity index (χ1) is 8.72. The van der Waals surface area contributed by atoms with E-state index in [0.717, 1.165) is 11.3 Å². The van der Waals surface area contributed by atoms with Crippen LogP contribution in [0.25, 0.3) is 6.08 Å². The molecular weight excluding hydrogens is 230 g/mol. The summed E-state index contributed by atoms with van der Waals surface area (Å²) in [6.07, 6.45) is 3.44. The summed E-state index contributed by atoms with van der Waals surface area (Å²) in [7, 11) is 0. The van der Waals surface area contributed by atoms with Gasteiger partial charge in [-0.15, -0.1) is 0 Å². The van der Waals surface area contributed by atoms with Crippen LogP contribution in [0.2, 0.25) is 0 Å². The summed E-state index contributed by atoms with van der Waals surface area (Å²) in [4.78, 5) is 17.2. The number of carbonyl (C=O) groups excluding carboxylic acids is 1. The van der Waals surface area contributed by atoms with Gasteiger partial charge in [0.05, 0.1) is 18.8 Å². The van der Waals surface area contributed by atoms with E-state index in [1.165, 1.54) is 0 Å².